The number of aromatic nitrogens is 1. The molecule has 1 aliphatic rings. The van der Waals surface area contributed by atoms with Crippen molar-refractivity contribution in [1.82, 2.24) is 4.98 Å². The molecule has 1 aromatic heterocycles. The number of aliphatic hydroxyl groups is 1. The quantitative estimate of drug-likeness (QED) is 0.236. The van der Waals surface area contributed by atoms with Gasteiger partial charge in [-0.05, 0) is 36.8 Å². The zero-order valence-electron chi connectivity index (χ0n) is 19.3. The van der Waals surface area contributed by atoms with E-state index in [1.165, 1.54) is 30.5 Å². The number of amides is 1. The summed E-state index contributed by atoms with van der Waals surface area (Å²) in [5.41, 5.74) is 2.75. The van der Waals surface area contributed by atoms with E-state index in [4.69, 9.17) is 9.47 Å². The zero-order chi connectivity index (χ0) is 24.7. The third kappa shape index (κ3) is 3.81. The average molecular weight is 487 g/mol. The zero-order valence-corrected chi connectivity index (χ0v) is 20.1. The van der Waals surface area contributed by atoms with Gasteiger partial charge in [0.25, 0.3) is 5.78 Å². The van der Waals surface area contributed by atoms with Crippen LogP contribution in [0.3, 0.4) is 0 Å². The largest absolute Gasteiger partial charge is 0.507 e. The molecule has 1 N–H and O–H groups in total. The first-order chi connectivity index (χ1) is 16.9. The molecule has 1 amide bonds. The molecule has 0 radical (unpaired) electrons. The molecular formula is C27H22N2O5S. The lowest BCUT2D eigenvalue weighted by Crippen LogP contribution is -2.29. The molecule has 2 heterocycles. The smallest absolute Gasteiger partial charge is 0.301 e. The number of aliphatic hydroxyl groups excluding tert-OH is 1. The predicted molar refractivity (Wildman–Crippen MR) is 135 cm³/mol. The van der Waals surface area contributed by atoms with Crippen molar-refractivity contribution in [2.45, 2.75) is 13.0 Å². The number of thiazole rings is 1. The molecule has 4 aromatic rings. The van der Waals surface area contributed by atoms with Gasteiger partial charge in [0.15, 0.2) is 16.6 Å². The van der Waals surface area contributed by atoms with E-state index in [-0.39, 0.29) is 11.3 Å². The summed E-state index contributed by atoms with van der Waals surface area (Å²) in [7, 11) is 3.04. The van der Waals surface area contributed by atoms with Gasteiger partial charge in [-0.15, -0.1) is 0 Å². The fraction of sp³-hybridized carbons (Fsp3) is 0.148. The number of methoxy groups -OCH3 is 2. The number of aryl methyl sites for hydroxylation is 1. The number of carbonyl (C=O) groups is 2. The number of nitrogens with zero attached hydrogens (tertiary/aromatic N) is 2. The minimum absolute atomic E-state index is 0.00895. The van der Waals surface area contributed by atoms with Gasteiger partial charge in [-0.3, -0.25) is 14.5 Å². The summed E-state index contributed by atoms with van der Waals surface area (Å²) in [6.07, 6.45) is 0. The van der Waals surface area contributed by atoms with Crippen molar-refractivity contribution in [3.05, 3.63) is 89.0 Å². The maximum absolute atomic E-state index is 13.4. The fourth-order valence-corrected chi connectivity index (χ4v) is 5.19. The van der Waals surface area contributed by atoms with E-state index in [0.29, 0.717) is 27.8 Å². The van der Waals surface area contributed by atoms with E-state index < -0.39 is 17.7 Å². The second-order valence-corrected chi connectivity index (χ2v) is 9.12. The molecular weight excluding hydrogens is 464 g/mol. The first-order valence-corrected chi connectivity index (χ1v) is 11.7. The van der Waals surface area contributed by atoms with Gasteiger partial charge in [0.1, 0.15) is 5.76 Å². The molecule has 3 aromatic carbocycles. The van der Waals surface area contributed by atoms with E-state index in [1.54, 1.807) is 30.3 Å². The minimum atomic E-state index is -0.906. The minimum Gasteiger partial charge on any atom is -0.507 e. The van der Waals surface area contributed by atoms with Crippen molar-refractivity contribution in [3.63, 3.8) is 0 Å². The summed E-state index contributed by atoms with van der Waals surface area (Å²) < 4.78 is 11.7. The lowest BCUT2D eigenvalue weighted by Gasteiger charge is -2.23. The SMILES string of the molecule is COc1ccc([C@@H]2/C(=C(\O)c3ccc(C)cc3)C(=O)C(=O)N2c2nc3ccccc3s2)cc1OC. The van der Waals surface area contributed by atoms with Gasteiger partial charge in [0.05, 0.1) is 36.1 Å². The van der Waals surface area contributed by atoms with Gasteiger partial charge in [-0.25, -0.2) is 4.98 Å². The molecule has 5 rings (SSSR count). The van der Waals surface area contributed by atoms with Crippen molar-refractivity contribution >= 4 is 44.1 Å². The number of anilines is 1. The summed E-state index contributed by atoms with van der Waals surface area (Å²) in [4.78, 5) is 32.7. The summed E-state index contributed by atoms with van der Waals surface area (Å²) in [6, 6.07) is 18.9. The van der Waals surface area contributed by atoms with Crippen molar-refractivity contribution in [3.8, 4) is 11.5 Å². The third-order valence-electron chi connectivity index (χ3n) is 5.98. The standard InChI is InChI=1S/C27H22N2O5S/c1-15-8-10-16(11-9-15)24(30)22-23(17-12-13-19(33-2)20(14-17)34-3)29(26(32)25(22)31)27-28-18-6-4-5-7-21(18)35-27/h4-14,23,30H,1-3H3/b24-22+/t23-/m1/s1. The highest BCUT2D eigenvalue weighted by Gasteiger charge is 2.48. The number of ether oxygens (including phenoxy) is 2. The Morgan fingerprint density at radius 2 is 1.69 bits per heavy atom. The van der Waals surface area contributed by atoms with Crippen molar-refractivity contribution < 1.29 is 24.2 Å². The van der Waals surface area contributed by atoms with Gasteiger partial charge in [0, 0.05) is 5.56 Å². The number of hydrogen-bond donors (Lipinski definition) is 1. The monoisotopic (exact) mass is 486 g/mol. The Morgan fingerprint density at radius 1 is 0.971 bits per heavy atom. The van der Waals surface area contributed by atoms with Crippen molar-refractivity contribution in [1.29, 1.82) is 0 Å². The number of hydrogen-bond acceptors (Lipinski definition) is 7. The highest BCUT2D eigenvalue weighted by Crippen LogP contribution is 2.45. The summed E-state index contributed by atoms with van der Waals surface area (Å²) in [5.74, 6) is -0.826. The number of benzene rings is 3. The molecule has 0 unspecified atom stereocenters. The lowest BCUT2D eigenvalue weighted by molar-refractivity contribution is -0.132. The Morgan fingerprint density at radius 3 is 2.37 bits per heavy atom. The first kappa shape index (κ1) is 22.6. The highest BCUT2D eigenvalue weighted by molar-refractivity contribution is 7.22. The Bertz CT molecular complexity index is 1460. The number of rotatable bonds is 5. The molecule has 1 aliphatic heterocycles. The Balaban J connectivity index is 1.75. The molecule has 0 aliphatic carbocycles. The lowest BCUT2D eigenvalue weighted by atomic mass is 9.95. The molecule has 1 atom stereocenters. The van der Waals surface area contributed by atoms with E-state index in [9.17, 15) is 14.7 Å². The van der Waals surface area contributed by atoms with Crippen LogP contribution in [0.5, 0.6) is 11.5 Å². The Labute approximate surface area is 205 Å². The molecule has 35 heavy (non-hydrogen) atoms. The van der Waals surface area contributed by atoms with Gasteiger partial charge in [0.2, 0.25) is 0 Å². The van der Waals surface area contributed by atoms with E-state index in [2.05, 4.69) is 4.98 Å². The van der Waals surface area contributed by atoms with Crippen molar-refractivity contribution in [2.75, 3.05) is 19.1 Å². The van der Waals surface area contributed by atoms with Crippen LogP contribution in [0.15, 0.2) is 72.3 Å². The Hall–Kier alpha value is -4.17. The maximum atomic E-state index is 13.4. The normalized spacial score (nSPS) is 17.2. The number of fused-ring (bicyclic) bond motifs is 1. The molecule has 0 saturated carbocycles. The second kappa shape index (κ2) is 8.88. The van der Waals surface area contributed by atoms with Crippen molar-refractivity contribution in [2.24, 2.45) is 0 Å². The molecule has 0 bridgehead atoms. The molecule has 7 nitrogen and oxygen atoms in total. The average Bonchev–Trinajstić information content (AvgIpc) is 3.42. The van der Waals surface area contributed by atoms with Crippen LogP contribution < -0.4 is 14.4 Å². The van der Waals surface area contributed by atoms with E-state index >= 15 is 0 Å². The molecule has 176 valence electrons. The van der Waals surface area contributed by atoms with Crippen LogP contribution >= 0.6 is 11.3 Å². The van der Waals surface area contributed by atoms with Crippen LogP contribution in [-0.2, 0) is 9.59 Å². The Kier molecular flexibility index (Phi) is 5.74. The van der Waals surface area contributed by atoms with Crippen LogP contribution in [0.4, 0.5) is 5.13 Å². The van der Waals surface area contributed by atoms with Gasteiger partial charge >= 0.3 is 5.91 Å². The second-order valence-electron chi connectivity index (χ2n) is 8.11. The van der Waals surface area contributed by atoms with E-state index in [0.717, 1.165) is 15.8 Å². The van der Waals surface area contributed by atoms with Gasteiger partial charge in [-0.2, -0.15) is 0 Å². The molecule has 8 heteroatoms. The van der Waals surface area contributed by atoms with Gasteiger partial charge < -0.3 is 14.6 Å². The predicted octanol–water partition coefficient (Wildman–Crippen LogP) is 5.25. The van der Waals surface area contributed by atoms with Gasteiger partial charge in [-0.1, -0.05) is 59.4 Å². The molecule has 1 saturated heterocycles. The summed E-state index contributed by atoms with van der Waals surface area (Å²) in [6.45, 7) is 1.93. The molecule has 0 spiro atoms. The summed E-state index contributed by atoms with van der Waals surface area (Å²) in [5, 5.41) is 11.6. The van der Waals surface area contributed by atoms with Crippen LogP contribution in [0.1, 0.15) is 22.7 Å². The maximum Gasteiger partial charge on any atom is 0.301 e. The number of Topliss-reactive ketones (excluding diaryl/α,β-unsaturated/α-hetero) is 1. The third-order valence-corrected chi connectivity index (χ3v) is 7.02. The molecule has 1 fully saturated rings. The van der Waals surface area contributed by atoms with Crippen LogP contribution in [-0.4, -0.2) is 36.0 Å². The number of ketones is 1. The van der Waals surface area contributed by atoms with Crippen LogP contribution in [0.25, 0.3) is 16.0 Å². The first-order valence-electron chi connectivity index (χ1n) is 10.9. The number of carbonyl (C=O) groups excluding carboxylic acids is 2. The van der Waals surface area contributed by atoms with Crippen LogP contribution in [0, 0.1) is 6.92 Å². The summed E-state index contributed by atoms with van der Waals surface area (Å²) >= 11 is 1.31. The number of para-hydroxylation sites is 1. The van der Waals surface area contributed by atoms with E-state index in [1.807, 2.05) is 43.3 Å². The van der Waals surface area contributed by atoms with Crippen LogP contribution in [0.2, 0.25) is 0 Å². The topological polar surface area (TPSA) is 89.0 Å². The highest BCUT2D eigenvalue weighted by atomic mass is 32.1. The fourth-order valence-electron chi connectivity index (χ4n) is 4.20.